The first kappa shape index (κ1) is 58.9. The molecular weight excluding hydrogens is 743 g/mol. The predicted molar refractivity (Wildman–Crippen MR) is 260 cm³/mol. The van der Waals surface area contributed by atoms with E-state index >= 15 is 0 Å². The van der Waals surface area contributed by atoms with Gasteiger partial charge in [-0.05, 0) is 95.7 Å². The Kier molecular flexibility index (Phi) is 48.0. The highest BCUT2D eigenvalue weighted by Gasteiger charge is 2.14. The molecule has 2 atom stereocenters. The molecule has 0 saturated carbocycles. The van der Waals surface area contributed by atoms with Crippen LogP contribution in [0.25, 0.3) is 0 Å². The number of nitrogens with zero attached hydrogens (tertiary/aromatic N) is 1. The molecule has 2 unspecified atom stereocenters. The number of carbonyl (C=O) groups is 2. The van der Waals surface area contributed by atoms with Gasteiger partial charge in [0, 0.05) is 19.4 Å². The van der Waals surface area contributed by atoms with Crippen LogP contribution in [-0.4, -0.2) is 61.4 Å². The molecule has 0 fully saturated rings. The average Bonchev–Trinajstić information content (AvgIpc) is 3.25. The summed E-state index contributed by atoms with van der Waals surface area (Å²) in [6.45, 7) is 14.0. The van der Waals surface area contributed by atoms with Crippen molar-refractivity contribution in [3.8, 4) is 0 Å². The molecule has 0 radical (unpaired) electrons. The normalized spacial score (nSPS) is 12.6. The van der Waals surface area contributed by atoms with Crippen LogP contribution < -0.4 is 0 Å². The molecule has 6 nitrogen and oxygen atoms in total. The molecule has 0 amide bonds. The van der Waals surface area contributed by atoms with E-state index in [0.29, 0.717) is 37.9 Å². The molecule has 0 spiro atoms. The lowest BCUT2D eigenvalue weighted by Crippen LogP contribution is -2.27. The molecule has 0 aliphatic heterocycles. The molecule has 0 saturated heterocycles. The van der Waals surface area contributed by atoms with Gasteiger partial charge in [0.15, 0.2) is 0 Å². The second-order valence-corrected chi connectivity index (χ2v) is 18.9. The van der Waals surface area contributed by atoms with Crippen LogP contribution >= 0.6 is 0 Å². The van der Waals surface area contributed by atoms with E-state index in [0.717, 1.165) is 58.2 Å². The van der Waals surface area contributed by atoms with Gasteiger partial charge in [-0.1, -0.05) is 207 Å². The Morgan fingerprint density at radius 2 is 0.633 bits per heavy atom. The van der Waals surface area contributed by atoms with Crippen molar-refractivity contribution in [2.75, 3.05) is 39.5 Å². The largest absolute Gasteiger partial charge is 0.465 e. The van der Waals surface area contributed by atoms with Crippen LogP contribution in [0, 0.1) is 11.8 Å². The van der Waals surface area contributed by atoms with Gasteiger partial charge >= 0.3 is 11.9 Å². The summed E-state index contributed by atoms with van der Waals surface area (Å²) in [7, 11) is 0. The summed E-state index contributed by atoms with van der Waals surface area (Å²) in [4.78, 5) is 27.7. The molecule has 6 heteroatoms. The van der Waals surface area contributed by atoms with Gasteiger partial charge in [0.25, 0.3) is 0 Å². The van der Waals surface area contributed by atoms with Crippen LogP contribution in [0.5, 0.6) is 0 Å². The second kappa shape index (κ2) is 48.9. The summed E-state index contributed by atoms with van der Waals surface area (Å²) in [5, 5.41) is 9.33. The molecule has 1 N–H and O–H groups in total. The van der Waals surface area contributed by atoms with Crippen molar-refractivity contribution in [1.29, 1.82) is 0 Å². The van der Waals surface area contributed by atoms with Crippen molar-refractivity contribution in [3.05, 3.63) is 0 Å². The van der Waals surface area contributed by atoms with Crippen molar-refractivity contribution in [2.24, 2.45) is 11.8 Å². The molecular formula is C54H107NO5. The SMILES string of the molecule is CCCCCCCCC(CCCCCC)COC(=O)CCCCCCCCCN(CCCCO)CCCCCCCC(=O)OCC(CCCCCC)CCCCCCCC. The zero-order valence-electron chi connectivity index (χ0n) is 41.2. The lowest BCUT2D eigenvalue weighted by Gasteiger charge is -2.22. The maximum Gasteiger partial charge on any atom is 0.305 e. The fraction of sp³-hybridized carbons (Fsp3) is 0.963. The quantitative estimate of drug-likeness (QED) is 0.0485. The van der Waals surface area contributed by atoms with E-state index in [-0.39, 0.29) is 18.5 Å². The smallest absolute Gasteiger partial charge is 0.305 e. The molecule has 0 aliphatic rings. The minimum atomic E-state index is 0.0113. The van der Waals surface area contributed by atoms with Crippen molar-refractivity contribution < 1.29 is 24.2 Å². The highest BCUT2D eigenvalue weighted by molar-refractivity contribution is 5.69. The molecule has 0 heterocycles. The van der Waals surface area contributed by atoms with Gasteiger partial charge in [0.2, 0.25) is 0 Å². The van der Waals surface area contributed by atoms with Crippen LogP contribution in [0.4, 0.5) is 0 Å². The standard InChI is InChI=1S/C54H107NO5/c1-5-9-13-17-23-31-41-51(39-29-15-11-7-3)49-59-53(57)43-33-25-20-19-21-27-35-45-55(47-37-38-48-56)46-36-28-22-26-34-44-54(58)60-50-52(40-30-16-12-8-4)42-32-24-18-14-10-6-2/h51-52,56H,5-50H2,1-4H3. The molecule has 0 aliphatic carbocycles. The fourth-order valence-electron chi connectivity index (χ4n) is 8.74. The van der Waals surface area contributed by atoms with Crippen LogP contribution in [0.15, 0.2) is 0 Å². The summed E-state index contributed by atoms with van der Waals surface area (Å²) in [6, 6.07) is 0. The third kappa shape index (κ3) is 43.5. The Bertz CT molecular complexity index is 867. The first-order valence-corrected chi connectivity index (χ1v) is 27.1. The Labute approximate surface area is 375 Å². The van der Waals surface area contributed by atoms with Gasteiger partial charge in [0.1, 0.15) is 0 Å². The second-order valence-electron chi connectivity index (χ2n) is 18.9. The summed E-state index contributed by atoms with van der Waals surface area (Å²) in [6.07, 6.45) is 48.2. The van der Waals surface area contributed by atoms with Crippen molar-refractivity contribution in [2.45, 2.75) is 285 Å². The molecule has 0 rings (SSSR count). The van der Waals surface area contributed by atoms with E-state index in [4.69, 9.17) is 9.47 Å². The Morgan fingerprint density at radius 3 is 0.967 bits per heavy atom. The first-order valence-electron chi connectivity index (χ1n) is 27.1. The molecule has 0 aromatic rings. The maximum atomic E-state index is 12.6. The Balaban J connectivity index is 4.15. The number of ether oxygens (including phenoxy) is 2. The highest BCUT2D eigenvalue weighted by Crippen LogP contribution is 2.22. The van der Waals surface area contributed by atoms with Gasteiger partial charge in [-0.25, -0.2) is 0 Å². The maximum absolute atomic E-state index is 12.6. The molecule has 0 aromatic heterocycles. The van der Waals surface area contributed by atoms with E-state index in [9.17, 15) is 14.7 Å². The van der Waals surface area contributed by atoms with Crippen LogP contribution in [0.2, 0.25) is 0 Å². The van der Waals surface area contributed by atoms with Gasteiger partial charge in [0.05, 0.1) is 13.2 Å². The third-order valence-corrected chi connectivity index (χ3v) is 12.9. The zero-order chi connectivity index (χ0) is 43.8. The molecule has 0 aromatic carbocycles. The van der Waals surface area contributed by atoms with Gasteiger partial charge < -0.3 is 19.5 Å². The number of hydrogen-bond acceptors (Lipinski definition) is 6. The summed E-state index contributed by atoms with van der Waals surface area (Å²) in [5.74, 6) is 1.11. The molecule has 0 bridgehead atoms. The van der Waals surface area contributed by atoms with E-state index in [1.54, 1.807) is 0 Å². The third-order valence-electron chi connectivity index (χ3n) is 12.9. The lowest BCUT2D eigenvalue weighted by atomic mass is 9.95. The topological polar surface area (TPSA) is 76.1 Å². The average molecular weight is 850 g/mol. The van der Waals surface area contributed by atoms with Crippen molar-refractivity contribution >= 4 is 11.9 Å². The number of esters is 2. The molecule has 358 valence electrons. The highest BCUT2D eigenvalue weighted by atomic mass is 16.5. The van der Waals surface area contributed by atoms with Crippen molar-refractivity contribution in [3.63, 3.8) is 0 Å². The van der Waals surface area contributed by atoms with Crippen LogP contribution in [0.1, 0.15) is 285 Å². The summed E-state index contributed by atoms with van der Waals surface area (Å²) >= 11 is 0. The van der Waals surface area contributed by atoms with Crippen molar-refractivity contribution in [1.82, 2.24) is 4.90 Å². The summed E-state index contributed by atoms with van der Waals surface area (Å²) < 4.78 is 11.6. The van der Waals surface area contributed by atoms with Crippen LogP contribution in [0.3, 0.4) is 0 Å². The number of aliphatic hydroxyl groups excluding tert-OH is 1. The molecule has 60 heavy (non-hydrogen) atoms. The first-order chi connectivity index (χ1) is 29.5. The fourth-order valence-corrected chi connectivity index (χ4v) is 8.74. The number of rotatable bonds is 50. The Hall–Kier alpha value is -1.14. The number of unbranched alkanes of at least 4 members (excludes halogenated alkanes) is 27. The van der Waals surface area contributed by atoms with E-state index in [1.165, 1.54) is 205 Å². The van der Waals surface area contributed by atoms with Crippen LogP contribution in [-0.2, 0) is 19.1 Å². The van der Waals surface area contributed by atoms with E-state index in [2.05, 4.69) is 32.6 Å². The number of hydrogen-bond donors (Lipinski definition) is 1. The van der Waals surface area contributed by atoms with Gasteiger partial charge in [-0.2, -0.15) is 0 Å². The monoisotopic (exact) mass is 850 g/mol. The van der Waals surface area contributed by atoms with Gasteiger partial charge in [-0.3, -0.25) is 9.59 Å². The minimum Gasteiger partial charge on any atom is -0.465 e. The van der Waals surface area contributed by atoms with E-state index in [1.807, 2.05) is 0 Å². The minimum absolute atomic E-state index is 0.0113. The lowest BCUT2D eigenvalue weighted by molar-refractivity contribution is -0.146. The number of carbonyl (C=O) groups excluding carboxylic acids is 2. The number of aliphatic hydroxyl groups is 1. The zero-order valence-corrected chi connectivity index (χ0v) is 41.2. The summed E-state index contributed by atoms with van der Waals surface area (Å²) in [5.41, 5.74) is 0. The predicted octanol–water partition coefficient (Wildman–Crippen LogP) is 16.3. The Morgan fingerprint density at radius 1 is 0.367 bits per heavy atom. The van der Waals surface area contributed by atoms with E-state index < -0.39 is 0 Å². The van der Waals surface area contributed by atoms with Gasteiger partial charge in [-0.15, -0.1) is 0 Å².